The van der Waals surface area contributed by atoms with Crippen molar-refractivity contribution in [2.45, 2.75) is 26.4 Å². The van der Waals surface area contributed by atoms with Crippen LogP contribution in [0.5, 0.6) is 0 Å². The van der Waals surface area contributed by atoms with E-state index in [1.807, 2.05) is 0 Å². The Hall–Kier alpha value is -0.450. The van der Waals surface area contributed by atoms with Gasteiger partial charge in [0.25, 0.3) is 0 Å². The molecule has 4 nitrogen and oxygen atoms in total. The van der Waals surface area contributed by atoms with E-state index >= 15 is 0 Å². The minimum absolute atomic E-state index is 0. The Kier molecular flexibility index (Phi) is 6.94. The molecule has 1 aliphatic rings. The van der Waals surface area contributed by atoms with Gasteiger partial charge in [-0.1, -0.05) is 7.43 Å². The van der Waals surface area contributed by atoms with Crippen LogP contribution < -0.4 is 5.48 Å². The molecule has 12 heavy (non-hydrogen) atoms. The second-order valence-corrected chi connectivity index (χ2v) is 2.46. The number of nitrogens with one attached hydrogen (secondary N) is 1. The standard InChI is InChI=1S/C7H14N2O2.CH4/c1-8-6-9-11-7-2-4-10-5-3-7;/h7,9H,1-6H2;1H4. The van der Waals surface area contributed by atoms with E-state index in [-0.39, 0.29) is 13.5 Å². The molecular formula is C8H18N2O2. The van der Waals surface area contributed by atoms with Crippen molar-refractivity contribution in [1.82, 2.24) is 5.48 Å². The maximum absolute atomic E-state index is 5.26. The van der Waals surface area contributed by atoms with Gasteiger partial charge in [-0.15, -0.1) is 0 Å². The van der Waals surface area contributed by atoms with Crippen LogP contribution in [0.2, 0.25) is 0 Å². The van der Waals surface area contributed by atoms with Crippen molar-refractivity contribution in [2.24, 2.45) is 4.99 Å². The minimum Gasteiger partial charge on any atom is -0.381 e. The van der Waals surface area contributed by atoms with E-state index < -0.39 is 0 Å². The molecule has 1 N–H and O–H groups in total. The second kappa shape index (κ2) is 7.21. The molecule has 0 radical (unpaired) electrons. The zero-order valence-electron chi connectivity index (χ0n) is 6.58. The van der Waals surface area contributed by atoms with E-state index in [9.17, 15) is 0 Å². The quantitative estimate of drug-likeness (QED) is 0.392. The molecule has 0 aromatic heterocycles. The van der Waals surface area contributed by atoms with Gasteiger partial charge in [-0.3, -0.25) is 9.83 Å². The lowest BCUT2D eigenvalue weighted by Crippen LogP contribution is -2.29. The first-order valence-corrected chi connectivity index (χ1v) is 3.82. The van der Waals surface area contributed by atoms with Crippen molar-refractivity contribution >= 4 is 6.72 Å². The summed E-state index contributed by atoms with van der Waals surface area (Å²) in [6.07, 6.45) is 2.21. The van der Waals surface area contributed by atoms with Gasteiger partial charge in [0, 0.05) is 13.2 Å². The van der Waals surface area contributed by atoms with Crippen LogP contribution in [0.3, 0.4) is 0 Å². The third-order valence-electron chi connectivity index (χ3n) is 1.59. The Bertz CT molecular complexity index is 114. The van der Waals surface area contributed by atoms with Crippen molar-refractivity contribution < 1.29 is 9.57 Å². The maximum atomic E-state index is 5.26. The lowest BCUT2D eigenvalue weighted by molar-refractivity contribution is -0.0765. The van der Waals surface area contributed by atoms with Gasteiger partial charge < -0.3 is 4.74 Å². The molecule has 1 heterocycles. The van der Waals surface area contributed by atoms with Crippen molar-refractivity contribution in [3.63, 3.8) is 0 Å². The fourth-order valence-electron chi connectivity index (χ4n) is 0.995. The molecule has 0 atom stereocenters. The van der Waals surface area contributed by atoms with Crippen molar-refractivity contribution in [1.29, 1.82) is 0 Å². The van der Waals surface area contributed by atoms with Crippen LogP contribution in [0, 0.1) is 0 Å². The van der Waals surface area contributed by atoms with E-state index in [1.54, 1.807) is 0 Å². The molecule has 4 heteroatoms. The first kappa shape index (κ1) is 11.6. The van der Waals surface area contributed by atoms with Gasteiger partial charge in [-0.25, -0.2) is 0 Å². The molecule has 1 fully saturated rings. The Labute approximate surface area is 73.9 Å². The van der Waals surface area contributed by atoms with Crippen LogP contribution in [0.25, 0.3) is 0 Å². The lowest BCUT2D eigenvalue weighted by atomic mass is 10.2. The van der Waals surface area contributed by atoms with Crippen LogP contribution in [-0.4, -0.2) is 32.7 Å². The highest BCUT2D eigenvalue weighted by atomic mass is 16.7. The average molecular weight is 174 g/mol. The predicted molar refractivity (Wildman–Crippen MR) is 49.2 cm³/mol. The zero-order valence-corrected chi connectivity index (χ0v) is 6.58. The fourth-order valence-corrected chi connectivity index (χ4v) is 0.995. The molecule has 0 unspecified atom stereocenters. The van der Waals surface area contributed by atoms with Gasteiger partial charge in [-0.05, 0) is 19.6 Å². The zero-order chi connectivity index (χ0) is 7.94. The monoisotopic (exact) mass is 174 g/mol. The topological polar surface area (TPSA) is 42.9 Å². The third-order valence-corrected chi connectivity index (χ3v) is 1.59. The first-order chi connectivity index (χ1) is 5.43. The van der Waals surface area contributed by atoms with E-state index in [4.69, 9.17) is 9.57 Å². The number of ether oxygens (including phenoxy) is 1. The predicted octanol–water partition coefficient (Wildman–Crippen LogP) is 0.981. The molecule has 72 valence electrons. The van der Waals surface area contributed by atoms with Crippen LogP contribution in [0.15, 0.2) is 4.99 Å². The van der Waals surface area contributed by atoms with E-state index in [2.05, 4.69) is 17.2 Å². The number of nitrogens with zero attached hydrogens (tertiary/aromatic N) is 1. The Balaban J connectivity index is 0.00000121. The molecule has 0 aromatic rings. The van der Waals surface area contributed by atoms with Gasteiger partial charge in [0.05, 0.1) is 6.10 Å². The summed E-state index contributed by atoms with van der Waals surface area (Å²) >= 11 is 0. The first-order valence-electron chi connectivity index (χ1n) is 3.82. The normalized spacial score (nSPS) is 18.3. The molecule has 0 spiro atoms. The van der Waals surface area contributed by atoms with E-state index in [0.29, 0.717) is 6.67 Å². The highest BCUT2D eigenvalue weighted by Crippen LogP contribution is 2.08. The summed E-state index contributed by atoms with van der Waals surface area (Å²) in [4.78, 5) is 8.86. The summed E-state index contributed by atoms with van der Waals surface area (Å²) in [7, 11) is 0. The molecular weight excluding hydrogens is 156 g/mol. The molecule has 1 rings (SSSR count). The maximum Gasteiger partial charge on any atom is 0.111 e. The molecule has 0 aliphatic carbocycles. The summed E-state index contributed by atoms with van der Waals surface area (Å²) in [6.45, 7) is 5.38. The van der Waals surface area contributed by atoms with Gasteiger partial charge >= 0.3 is 0 Å². The number of hydrogen-bond donors (Lipinski definition) is 1. The fraction of sp³-hybridized carbons (Fsp3) is 0.875. The van der Waals surface area contributed by atoms with Crippen LogP contribution in [0.4, 0.5) is 0 Å². The number of aliphatic imine (C=N–C) groups is 1. The number of hydrogen-bond acceptors (Lipinski definition) is 4. The number of rotatable bonds is 4. The minimum atomic E-state index is 0. The summed E-state index contributed by atoms with van der Waals surface area (Å²) in [5.41, 5.74) is 2.72. The largest absolute Gasteiger partial charge is 0.381 e. The Morgan fingerprint density at radius 3 is 2.75 bits per heavy atom. The van der Waals surface area contributed by atoms with Crippen molar-refractivity contribution in [3.8, 4) is 0 Å². The third kappa shape index (κ3) is 4.43. The Morgan fingerprint density at radius 1 is 1.50 bits per heavy atom. The van der Waals surface area contributed by atoms with Crippen LogP contribution in [0.1, 0.15) is 20.3 Å². The van der Waals surface area contributed by atoms with Crippen LogP contribution >= 0.6 is 0 Å². The summed E-state index contributed by atoms with van der Waals surface area (Å²) < 4.78 is 5.16. The number of hydroxylamine groups is 1. The van der Waals surface area contributed by atoms with Gasteiger partial charge in [0.15, 0.2) is 0 Å². The Morgan fingerprint density at radius 2 is 2.17 bits per heavy atom. The smallest absolute Gasteiger partial charge is 0.111 e. The van der Waals surface area contributed by atoms with Gasteiger partial charge in [-0.2, -0.15) is 5.48 Å². The molecule has 0 amide bonds. The van der Waals surface area contributed by atoms with Crippen molar-refractivity contribution in [3.05, 3.63) is 0 Å². The van der Waals surface area contributed by atoms with E-state index in [0.717, 1.165) is 26.1 Å². The average Bonchev–Trinajstić information content (AvgIpc) is 2.07. The van der Waals surface area contributed by atoms with E-state index in [1.165, 1.54) is 0 Å². The van der Waals surface area contributed by atoms with Gasteiger partial charge in [0.1, 0.15) is 6.67 Å². The molecule has 1 saturated heterocycles. The SMILES string of the molecule is C.C=NCNOC1CCOCC1. The molecule has 0 saturated carbocycles. The lowest BCUT2D eigenvalue weighted by Gasteiger charge is -2.21. The van der Waals surface area contributed by atoms with Gasteiger partial charge in [0.2, 0.25) is 0 Å². The summed E-state index contributed by atoms with van der Waals surface area (Å²) in [5.74, 6) is 0. The van der Waals surface area contributed by atoms with Crippen molar-refractivity contribution in [2.75, 3.05) is 19.9 Å². The van der Waals surface area contributed by atoms with Crippen LogP contribution in [-0.2, 0) is 9.57 Å². The highest BCUT2D eigenvalue weighted by Gasteiger charge is 2.13. The molecule has 1 aliphatic heterocycles. The summed E-state index contributed by atoms with van der Waals surface area (Å²) in [5, 5.41) is 0. The molecule has 0 bridgehead atoms. The second-order valence-electron chi connectivity index (χ2n) is 2.46. The summed E-state index contributed by atoms with van der Waals surface area (Å²) in [6, 6.07) is 0. The highest BCUT2D eigenvalue weighted by molar-refractivity contribution is 5.22. The molecule has 0 aromatic carbocycles.